The van der Waals surface area contributed by atoms with E-state index in [0.29, 0.717) is 38.5 Å². The first kappa shape index (κ1) is 23.7. The summed E-state index contributed by atoms with van der Waals surface area (Å²) in [5.74, 6) is -0.375. The Kier molecular flexibility index (Phi) is 7.87. The third kappa shape index (κ3) is 7.06. The second-order valence-electron chi connectivity index (χ2n) is 8.40. The van der Waals surface area contributed by atoms with Crippen LogP contribution in [0.5, 0.6) is 0 Å². The zero-order valence-corrected chi connectivity index (χ0v) is 19.2. The lowest BCUT2D eigenvalue weighted by atomic mass is 10.2. The zero-order valence-electron chi connectivity index (χ0n) is 18.4. The van der Waals surface area contributed by atoms with Gasteiger partial charge in [-0.05, 0) is 26.3 Å². The highest BCUT2D eigenvalue weighted by atomic mass is 35.5. The number of carbonyl (C=O) groups excluding carboxylic acids is 2. The molecule has 0 radical (unpaired) electrons. The van der Waals surface area contributed by atoms with Crippen LogP contribution >= 0.6 is 11.6 Å². The van der Waals surface area contributed by atoms with Gasteiger partial charge in [0.2, 0.25) is 0 Å². The highest BCUT2D eigenvalue weighted by Gasteiger charge is 2.28. The van der Waals surface area contributed by atoms with Crippen LogP contribution in [0.4, 0.5) is 10.5 Å². The number of nitrogens with one attached hydrogen (secondary N) is 2. The highest BCUT2D eigenvalue weighted by molar-refractivity contribution is 6.29. The van der Waals surface area contributed by atoms with Crippen LogP contribution < -0.4 is 10.6 Å². The molecule has 0 saturated carbocycles. The number of carbonyl (C=O) groups is 2. The first-order valence-electron chi connectivity index (χ1n) is 10.4. The molecular formula is C22H28ClN5O4. The molecule has 1 atom stereocenters. The van der Waals surface area contributed by atoms with Crippen molar-refractivity contribution < 1.29 is 19.1 Å². The van der Waals surface area contributed by atoms with Gasteiger partial charge < -0.3 is 25.0 Å². The summed E-state index contributed by atoms with van der Waals surface area (Å²) in [6.07, 6.45) is -0.663. The smallest absolute Gasteiger partial charge is 0.410 e. The van der Waals surface area contributed by atoms with Gasteiger partial charge in [0.1, 0.15) is 5.60 Å². The molecule has 172 valence electrons. The Morgan fingerprint density at radius 3 is 2.72 bits per heavy atom. The molecule has 2 aromatic rings. The molecular weight excluding hydrogens is 434 g/mol. The maximum atomic E-state index is 12.7. The lowest BCUT2D eigenvalue weighted by Gasteiger charge is -2.34. The Bertz CT molecular complexity index is 936. The Labute approximate surface area is 192 Å². The minimum absolute atomic E-state index is 0.130. The van der Waals surface area contributed by atoms with Gasteiger partial charge >= 0.3 is 6.09 Å². The number of anilines is 1. The van der Waals surface area contributed by atoms with E-state index < -0.39 is 5.60 Å². The zero-order chi connectivity index (χ0) is 23.1. The number of hydrogen-bond acceptors (Lipinski definition) is 7. The number of rotatable bonds is 6. The summed E-state index contributed by atoms with van der Waals surface area (Å²) >= 11 is 6.00. The van der Waals surface area contributed by atoms with Crippen LogP contribution in [0, 0.1) is 0 Å². The van der Waals surface area contributed by atoms with Crippen LogP contribution in [0.15, 0.2) is 36.4 Å². The summed E-state index contributed by atoms with van der Waals surface area (Å²) in [5, 5.41) is 13.9. The molecule has 32 heavy (non-hydrogen) atoms. The molecule has 1 aromatic carbocycles. The van der Waals surface area contributed by atoms with E-state index in [1.807, 2.05) is 51.1 Å². The maximum absolute atomic E-state index is 12.7. The van der Waals surface area contributed by atoms with Gasteiger partial charge in [-0.15, -0.1) is 10.2 Å². The summed E-state index contributed by atoms with van der Waals surface area (Å²) in [4.78, 5) is 26.6. The third-order valence-electron chi connectivity index (χ3n) is 4.59. The molecule has 1 aromatic heterocycles. The van der Waals surface area contributed by atoms with Gasteiger partial charge in [0.15, 0.2) is 10.8 Å². The number of aromatic nitrogens is 2. The summed E-state index contributed by atoms with van der Waals surface area (Å²) in [6.45, 7) is 7.41. The van der Waals surface area contributed by atoms with Crippen LogP contribution in [0.2, 0.25) is 5.15 Å². The summed E-state index contributed by atoms with van der Waals surface area (Å²) < 4.78 is 11.2. The standard InChI is InChI=1S/C22H28ClN5O4/c1-22(2,3)32-21(30)28-9-10-31-16(14-28)13-24-17-11-18(23)26-27-19(17)20(29)25-12-15-7-5-4-6-8-15/h4-8,11,16H,9-10,12-14H2,1-3H3,(H,24,26)(H,25,29). The van der Waals surface area contributed by atoms with Gasteiger partial charge in [-0.3, -0.25) is 4.79 Å². The van der Waals surface area contributed by atoms with E-state index in [1.165, 1.54) is 0 Å². The molecule has 9 nitrogen and oxygen atoms in total. The van der Waals surface area contributed by atoms with Crippen LogP contribution in [0.3, 0.4) is 0 Å². The highest BCUT2D eigenvalue weighted by Crippen LogP contribution is 2.18. The molecule has 1 fully saturated rings. The molecule has 10 heteroatoms. The van der Waals surface area contributed by atoms with Crippen molar-refractivity contribution in [1.82, 2.24) is 20.4 Å². The lowest BCUT2D eigenvalue weighted by Crippen LogP contribution is -2.49. The predicted octanol–water partition coefficient (Wildman–Crippen LogP) is 3.11. The summed E-state index contributed by atoms with van der Waals surface area (Å²) in [7, 11) is 0. The van der Waals surface area contributed by atoms with Crippen molar-refractivity contribution in [2.75, 3.05) is 31.6 Å². The maximum Gasteiger partial charge on any atom is 0.410 e. The van der Waals surface area contributed by atoms with E-state index in [1.54, 1.807) is 11.0 Å². The van der Waals surface area contributed by atoms with Gasteiger partial charge in [-0.1, -0.05) is 41.9 Å². The minimum Gasteiger partial charge on any atom is -0.444 e. The van der Waals surface area contributed by atoms with Gasteiger partial charge in [-0.25, -0.2) is 4.79 Å². The van der Waals surface area contributed by atoms with Crippen LogP contribution in [0.1, 0.15) is 36.8 Å². The largest absolute Gasteiger partial charge is 0.444 e. The van der Waals surface area contributed by atoms with E-state index >= 15 is 0 Å². The molecule has 0 aliphatic carbocycles. The molecule has 1 saturated heterocycles. The molecule has 1 unspecified atom stereocenters. The van der Waals surface area contributed by atoms with Gasteiger partial charge in [0.05, 0.1) is 24.9 Å². The minimum atomic E-state index is -0.565. The molecule has 2 N–H and O–H groups in total. The first-order valence-corrected chi connectivity index (χ1v) is 10.8. The van der Waals surface area contributed by atoms with Crippen molar-refractivity contribution in [2.45, 2.75) is 39.0 Å². The normalized spacial score (nSPS) is 16.4. The van der Waals surface area contributed by atoms with Gasteiger partial charge in [0, 0.05) is 25.7 Å². The van der Waals surface area contributed by atoms with Crippen LogP contribution in [-0.2, 0) is 16.0 Å². The number of benzene rings is 1. The van der Waals surface area contributed by atoms with E-state index in [9.17, 15) is 9.59 Å². The van der Waals surface area contributed by atoms with Gasteiger partial charge in [0.25, 0.3) is 5.91 Å². The van der Waals surface area contributed by atoms with Crippen LogP contribution in [0.25, 0.3) is 0 Å². The topological polar surface area (TPSA) is 106 Å². The molecule has 0 bridgehead atoms. The fraction of sp³-hybridized carbons (Fsp3) is 0.455. The molecule has 1 aliphatic heterocycles. The molecule has 2 heterocycles. The van der Waals surface area contributed by atoms with Crippen molar-refractivity contribution >= 4 is 29.3 Å². The SMILES string of the molecule is CC(C)(C)OC(=O)N1CCOC(CNc2cc(Cl)nnc2C(=O)NCc2ccccc2)C1. The van der Waals surface area contributed by atoms with Crippen molar-refractivity contribution in [3.8, 4) is 0 Å². The fourth-order valence-corrected chi connectivity index (χ4v) is 3.24. The molecule has 3 rings (SSSR count). The quantitative estimate of drug-likeness (QED) is 0.680. The van der Waals surface area contributed by atoms with Crippen LogP contribution in [-0.4, -0.2) is 65.0 Å². The number of halogens is 1. The second kappa shape index (κ2) is 10.6. The second-order valence-corrected chi connectivity index (χ2v) is 8.78. The summed E-state index contributed by atoms with van der Waals surface area (Å²) in [5.41, 5.74) is 0.971. The number of amides is 2. The van der Waals surface area contributed by atoms with E-state index in [0.717, 1.165) is 5.56 Å². The van der Waals surface area contributed by atoms with Crippen molar-refractivity contribution in [3.63, 3.8) is 0 Å². The van der Waals surface area contributed by atoms with Gasteiger partial charge in [-0.2, -0.15) is 0 Å². The van der Waals surface area contributed by atoms with E-state index in [-0.39, 0.29) is 29.0 Å². The number of hydrogen-bond donors (Lipinski definition) is 2. The Hall–Kier alpha value is -2.91. The average molecular weight is 462 g/mol. The monoisotopic (exact) mass is 461 g/mol. The molecule has 0 spiro atoms. The molecule has 1 aliphatic rings. The summed E-state index contributed by atoms with van der Waals surface area (Å²) in [6, 6.07) is 11.1. The lowest BCUT2D eigenvalue weighted by molar-refractivity contribution is -0.0371. The number of morpholine rings is 1. The Morgan fingerprint density at radius 1 is 1.25 bits per heavy atom. The molecule has 2 amide bonds. The fourth-order valence-electron chi connectivity index (χ4n) is 3.09. The average Bonchev–Trinajstić information content (AvgIpc) is 2.76. The number of ether oxygens (including phenoxy) is 2. The number of nitrogens with zero attached hydrogens (tertiary/aromatic N) is 3. The van der Waals surface area contributed by atoms with Crippen molar-refractivity contribution in [1.29, 1.82) is 0 Å². The van der Waals surface area contributed by atoms with Crippen molar-refractivity contribution in [3.05, 3.63) is 52.8 Å². The Morgan fingerprint density at radius 2 is 2.00 bits per heavy atom. The van der Waals surface area contributed by atoms with Crippen molar-refractivity contribution in [2.24, 2.45) is 0 Å². The third-order valence-corrected chi connectivity index (χ3v) is 4.77. The predicted molar refractivity (Wildman–Crippen MR) is 121 cm³/mol. The van der Waals surface area contributed by atoms with E-state index in [4.69, 9.17) is 21.1 Å². The first-order chi connectivity index (χ1) is 15.2. The Balaban J connectivity index is 1.60. The van der Waals surface area contributed by atoms with E-state index in [2.05, 4.69) is 20.8 Å².